The fourth-order valence-electron chi connectivity index (χ4n) is 3.12. The smallest absolute Gasteiger partial charge is 0.195 e. The number of benzene rings is 2. The summed E-state index contributed by atoms with van der Waals surface area (Å²) >= 11 is 0. The van der Waals surface area contributed by atoms with Gasteiger partial charge in [-0.25, -0.2) is 4.98 Å². The summed E-state index contributed by atoms with van der Waals surface area (Å²) in [6.07, 6.45) is 3.69. The van der Waals surface area contributed by atoms with Crippen molar-refractivity contribution in [2.45, 2.75) is 26.3 Å². The maximum Gasteiger partial charge on any atom is 0.195 e. The van der Waals surface area contributed by atoms with Gasteiger partial charge in [0.25, 0.3) is 0 Å². The molecule has 1 aromatic heterocycles. The monoisotopic (exact) mass is 537 g/mol. The molecule has 7 nitrogen and oxygen atoms in total. The van der Waals surface area contributed by atoms with E-state index in [0.717, 1.165) is 60.9 Å². The highest BCUT2D eigenvalue weighted by Gasteiger charge is 2.03. The normalized spacial score (nSPS) is 11.2. The van der Waals surface area contributed by atoms with Crippen molar-refractivity contribution in [3.8, 4) is 5.75 Å². The van der Waals surface area contributed by atoms with Gasteiger partial charge in [0.05, 0.1) is 24.0 Å². The summed E-state index contributed by atoms with van der Waals surface area (Å²) in [6.45, 7) is 5.79. The van der Waals surface area contributed by atoms with Crippen LogP contribution >= 0.6 is 24.0 Å². The van der Waals surface area contributed by atoms with Crippen LogP contribution < -0.4 is 15.4 Å². The second-order valence-electron chi connectivity index (χ2n) is 6.89. The SMILES string of the molecule is CCNC(=NCCCn1cnc2ccccc21)Nc1cccc(OCCCOC)c1.I. The average Bonchev–Trinajstić information content (AvgIpc) is 3.18. The van der Waals surface area contributed by atoms with Crippen LogP contribution in [-0.4, -0.2) is 48.9 Å². The van der Waals surface area contributed by atoms with E-state index in [0.29, 0.717) is 13.2 Å². The molecule has 0 unspecified atom stereocenters. The molecule has 0 bridgehead atoms. The zero-order valence-electron chi connectivity index (χ0n) is 18.2. The van der Waals surface area contributed by atoms with Crippen molar-refractivity contribution >= 4 is 46.7 Å². The van der Waals surface area contributed by atoms with Gasteiger partial charge in [0.1, 0.15) is 5.75 Å². The van der Waals surface area contributed by atoms with E-state index >= 15 is 0 Å². The Balaban J connectivity index is 0.00000341. The molecule has 0 aliphatic heterocycles. The van der Waals surface area contributed by atoms with Gasteiger partial charge < -0.3 is 24.7 Å². The number of nitrogens with one attached hydrogen (secondary N) is 2. The van der Waals surface area contributed by atoms with Gasteiger partial charge in [-0.2, -0.15) is 0 Å². The van der Waals surface area contributed by atoms with Gasteiger partial charge in [-0.1, -0.05) is 18.2 Å². The number of aromatic nitrogens is 2. The highest BCUT2D eigenvalue weighted by Crippen LogP contribution is 2.17. The Morgan fingerprint density at radius 3 is 2.81 bits per heavy atom. The molecule has 8 heteroatoms. The standard InChI is InChI=1S/C23H31N5O2.HI/c1-3-24-23(27-19-9-6-10-20(17-19)30-16-8-15-29-2)25-13-7-14-28-18-26-21-11-4-5-12-22(21)28;/h4-6,9-12,17-18H,3,7-8,13-16H2,1-2H3,(H2,24,25,27);1H. The van der Waals surface area contributed by atoms with Gasteiger partial charge in [0.15, 0.2) is 5.96 Å². The highest BCUT2D eigenvalue weighted by atomic mass is 127. The number of guanidine groups is 1. The topological polar surface area (TPSA) is 72.7 Å². The van der Waals surface area contributed by atoms with Crippen LogP contribution in [0.1, 0.15) is 19.8 Å². The van der Waals surface area contributed by atoms with Crippen LogP contribution in [0.3, 0.4) is 0 Å². The minimum absolute atomic E-state index is 0. The van der Waals surface area contributed by atoms with Gasteiger partial charge in [0, 0.05) is 51.5 Å². The quantitative estimate of drug-likeness (QED) is 0.163. The molecule has 0 aliphatic carbocycles. The van der Waals surface area contributed by atoms with Crippen molar-refractivity contribution < 1.29 is 9.47 Å². The van der Waals surface area contributed by atoms with Crippen LogP contribution in [0.2, 0.25) is 0 Å². The van der Waals surface area contributed by atoms with E-state index in [1.165, 1.54) is 0 Å². The zero-order chi connectivity index (χ0) is 21.0. The third-order valence-corrected chi connectivity index (χ3v) is 4.56. The summed E-state index contributed by atoms with van der Waals surface area (Å²) < 4.78 is 13.0. The van der Waals surface area contributed by atoms with Crippen LogP contribution in [0, 0.1) is 0 Å². The largest absolute Gasteiger partial charge is 0.493 e. The first-order chi connectivity index (χ1) is 14.8. The summed E-state index contributed by atoms with van der Waals surface area (Å²) in [5, 5.41) is 6.66. The average molecular weight is 537 g/mol. The fraction of sp³-hybridized carbons (Fsp3) is 0.391. The Labute approximate surface area is 201 Å². The van der Waals surface area contributed by atoms with E-state index in [2.05, 4.69) is 33.2 Å². The lowest BCUT2D eigenvalue weighted by molar-refractivity contribution is 0.172. The number of fused-ring (bicyclic) bond motifs is 1. The molecule has 0 saturated heterocycles. The molecular weight excluding hydrogens is 505 g/mol. The fourth-order valence-corrected chi connectivity index (χ4v) is 3.12. The number of aliphatic imine (C=N–C) groups is 1. The number of imidazole rings is 1. The maximum atomic E-state index is 5.78. The number of methoxy groups -OCH3 is 1. The Bertz CT molecular complexity index is 944. The summed E-state index contributed by atoms with van der Waals surface area (Å²) in [7, 11) is 1.70. The number of anilines is 1. The van der Waals surface area contributed by atoms with Gasteiger partial charge in [-0.05, 0) is 37.6 Å². The number of aryl methyl sites for hydroxylation is 1. The molecule has 0 amide bonds. The first-order valence-electron chi connectivity index (χ1n) is 10.5. The zero-order valence-corrected chi connectivity index (χ0v) is 20.5. The van der Waals surface area contributed by atoms with Crippen LogP contribution in [0.25, 0.3) is 11.0 Å². The lowest BCUT2D eigenvalue weighted by Gasteiger charge is -2.13. The van der Waals surface area contributed by atoms with Crippen LogP contribution in [0.4, 0.5) is 5.69 Å². The number of halogens is 1. The third kappa shape index (κ3) is 8.02. The Morgan fingerprint density at radius 1 is 1.10 bits per heavy atom. The summed E-state index contributed by atoms with van der Waals surface area (Å²) in [4.78, 5) is 9.15. The lowest BCUT2D eigenvalue weighted by atomic mass is 10.3. The van der Waals surface area contributed by atoms with Crippen molar-refractivity contribution in [1.29, 1.82) is 0 Å². The van der Waals surface area contributed by atoms with E-state index in [4.69, 9.17) is 14.5 Å². The second kappa shape index (κ2) is 13.9. The Morgan fingerprint density at radius 2 is 1.97 bits per heavy atom. The first-order valence-corrected chi connectivity index (χ1v) is 10.5. The molecule has 3 rings (SSSR count). The van der Waals surface area contributed by atoms with E-state index in [1.807, 2.05) is 48.8 Å². The van der Waals surface area contributed by atoms with Crippen molar-refractivity contribution in [2.24, 2.45) is 4.99 Å². The predicted molar refractivity (Wildman–Crippen MR) is 138 cm³/mol. The number of rotatable bonds is 11. The number of ether oxygens (including phenoxy) is 2. The van der Waals surface area contributed by atoms with Crippen LogP contribution in [0.15, 0.2) is 59.9 Å². The molecule has 1 heterocycles. The molecule has 0 saturated carbocycles. The van der Waals surface area contributed by atoms with Gasteiger partial charge in [-0.3, -0.25) is 4.99 Å². The molecule has 2 N–H and O–H groups in total. The molecular formula is C23H32IN5O2. The number of hydrogen-bond donors (Lipinski definition) is 2. The maximum absolute atomic E-state index is 5.78. The summed E-state index contributed by atoms with van der Waals surface area (Å²) in [5.41, 5.74) is 3.13. The number of nitrogens with zero attached hydrogens (tertiary/aromatic N) is 3. The van der Waals surface area contributed by atoms with Gasteiger partial charge in [0.2, 0.25) is 0 Å². The summed E-state index contributed by atoms with van der Waals surface area (Å²) in [5.74, 6) is 1.60. The molecule has 31 heavy (non-hydrogen) atoms. The lowest BCUT2D eigenvalue weighted by Crippen LogP contribution is -2.30. The highest BCUT2D eigenvalue weighted by molar-refractivity contribution is 14.0. The molecule has 2 aromatic carbocycles. The van der Waals surface area contributed by atoms with Gasteiger partial charge >= 0.3 is 0 Å². The first kappa shape index (κ1) is 24.9. The Hall–Kier alpha value is -2.33. The molecule has 0 atom stereocenters. The van der Waals surface area contributed by atoms with Crippen molar-refractivity contribution in [2.75, 3.05) is 38.7 Å². The van der Waals surface area contributed by atoms with E-state index < -0.39 is 0 Å². The minimum Gasteiger partial charge on any atom is -0.493 e. The van der Waals surface area contributed by atoms with E-state index in [-0.39, 0.29) is 24.0 Å². The predicted octanol–water partition coefficient (Wildman–Crippen LogP) is 4.54. The molecule has 3 aromatic rings. The molecule has 0 spiro atoms. The second-order valence-corrected chi connectivity index (χ2v) is 6.89. The van der Waals surface area contributed by atoms with E-state index in [1.54, 1.807) is 7.11 Å². The molecule has 0 fully saturated rings. The third-order valence-electron chi connectivity index (χ3n) is 4.56. The minimum atomic E-state index is 0. The van der Waals surface area contributed by atoms with Crippen molar-refractivity contribution in [3.05, 3.63) is 54.9 Å². The van der Waals surface area contributed by atoms with Crippen molar-refractivity contribution in [3.63, 3.8) is 0 Å². The molecule has 0 aliphatic rings. The van der Waals surface area contributed by atoms with Gasteiger partial charge in [-0.15, -0.1) is 24.0 Å². The van der Waals surface area contributed by atoms with Crippen LogP contribution in [0.5, 0.6) is 5.75 Å². The van der Waals surface area contributed by atoms with E-state index in [9.17, 15) is 0 Å². The van der Waals surface area contributed by atoms with Crippen molar-refractivity contribution in [1.82, 2.24) is 14.9 Å². The molecule has 0 radical (unpaired) electrons. The molecule has 168 valence electrons. The number of hydrogen-bond acceptors (Lipinski definition) is 4. The Kier molecular flexibility index (Phi) is 11.2. The van der Waals surface area contributed by atoms with Crippen LogP contribution in [-0.2, 0) is 11.3 Å². The number of para-hydroxylation sites is 2. The summed E-state index contributed by atoms with van der Waals surface area (Å²) in [6, 6.07) is 16.1.